The summed E-state index contributed by atoms with van der Waals surface area (Å²) in [6, 6.07) is 19.3. The van der Waals surface area contributed by atoms with Crippen LogP contribution in [-0.4, -0.2) is 23.4 Å². The van der Waals surface area contributed by atoms with Gasteiger partial charge in [0.25, 0.3) is 5.56 Å². The van der Waals surface area contributed by atoms with E-state index in [2.05, 4.69) is 0 Å². The van der Waals surface area contributed by atoms with Crippen molar-refractivity contribution in [2.45, 2.75) is 6.54 Å². The molecule has 7 heteroatoms. The summed E-state index contributed by atoms with van der Waals surface area (Å²) in [5, 5.41) is 0.960. The van der Waals surface area contributed by atoms with Crippen LogP contribution in [0.15, 0.2) is 76.3 Å². The number of methoxy groups -OCH3 is 2. The molecule has 0 N–H and O–H groups in total. The van der Waals surface area contributed by atoms with Crippen LogP contribution in [0.5, 0.6) is 11.5 Å². The lowest BCUT2D eigenvalue weighted by atomic mass is 10.1. The Morgan fingerprint density at radius 2 is 1.50 bits per heavy atom. The van der Waals surface area contributed by atoms with Crippen molar-refractivity contribution in [3.8, 4) is 17.2 Å². The van der Waals surface area contributed by atoms with Crippen molar-refractivity contribution >= 4 is 22.5 Å². The van der Waals surface area contributed by atoms with Crippen LogP contribution in [0, 0.1) is 0 Å². The number of hydrogen-bond donors (Lipinski definition) is 0. The molecular weight excluding hydrogens is 404 g/mol. The zero-order valence-electron chi connectivity index (χ0n) is 16.5. The second kappa shape index (κ2) is 8.08. The van der Waals surface area contributed by atoms with E-state index in [1.165, 1.54) is 18.8 Å². The average molecular weight is 423 g/mol. The van der Waals surface area contributed by atoms with Crippen LogP contribution in [-0.2, 0) is 6.54 Å². The van der Waals surface area contributed by atoms with E-state index in [0.29, 0.717) is 33.1 Å². The van der Waals surface area contributed by atoms with E-state index in [-0.39, 0.29) is 6.54 Å². The minimum absolute atomic E-state index is 0.259. The standard InChI is InChI=1S/C23H19ClN2O4/c1-29-20-12-18-19(13-21(20)30-2)25(14-15-8-10-16(24)11-9-15)23(28)26(22(18)27)17-6-4-3-5-7-17/h3-13H,14H2,1-2H3. The molecule has 0 saturated heterocycles. The fourth-order valence-corrected chi connectivity index (χ4v) is 3.55. The predicted octanol–water partition coefficient (Wildman–Crippen LogP) is 3.87. The summed E-state index contributed by atoms with van der Waals surface area (Å²) in [4.78, 5) is 26.8. The van der Waals surface area contributed by atoms with Gasteiger partial charge in [0.1, 0.15) is 0 Å². The molecule has 30 heavy (non-hydrogen) atoms. The van der Waals surface area contributed by atoms with Crippen molar-refractivity contribution in [3.63, 3.8) is 0 Å². The maximum Gasteiger partial charge on any atom is 0.336 e. The summed E-state index contributed by atoms with van der Waals surface area (Å²) in [5.74, 6) is 0.851. The van der Waals surface area contributed by atoms with Gasteiger partial charge < -0.3 is 9.47 Å². The Morgan fingerprint density at radius 3 is 2.13 bits per heavy atom. The van der Waals surface area contributed by atoms with E-state index in [4.69, 9.17) is 21.1 Å². The van der Waals surface area contributed by atoms with Gasteiger partial charge in [-0.1, -0.05) is 41.9 Å². The Labute approximate surface area is 177 Å². The summed E-state index contributed by atoms with van der Waals surface area (Å²) < 4.78 is 13.5. The summed E-state index contributed by atoms with van der Waals surface area (Å²) in [6.07, 6.45) is 0. The molecule has 0 bridgehead atoms. The molecule has 1 heterocycles. The monoisotopic (exact) mass is 422 g/mol. The topological polar surface area (TPSA) is 62.5 Å². The van der Waals surface area contributed by atoms with Crippen molar-refractivity contribution in [2.75, 3.05) is 14.2 Å². The number of rotatable bonds is 5. The fourth-order valence-electron chi connectivity index (χ4n) is 3.42. The van der Waals surface area contributed by atoms with Crippen LogP contribution in [0.4, 0.5) is 0 Å². The van der Waals surface area contributed by atoms with E-state index >= 15 is 0 Å². The molecule has 0 atom stereocenters. The third-order valence-electron chi connectivity index (χ3n) is 4.92. The Bertz CT molecular complexity index is 1330. The molecule has 1 aromatic heterocycles. The molecule has 3 aromatic carbocycles. The van der Waals surface area contributed by atoms with Gasteiger partial charge in [-0.3, -0.25) is 9.36 Å². The molecule has 0 radical (unpaired) electrons. The highest BCUT2D eigenvalue weighted by Crippen LogP contribution is 2.30. The van der Waals surface area contributed by atoms with Gasteiger partial charge in [0, 0.05) is 11.1 Å². The molecule has 4 aromatic rings. The Hall–Kier alpha value is -3.51. The van der Waals surface area contributed by atoms with Gasteiger partial charge in [-0.2, -0.15) is 0 Å². The lowest BCUT2D eigenvalue weighted by molar-refractivity contribution is 0.355. The molecule has 0 fully saturated rings. The SMILES string of the molecule is COc1cc2c(=O)n(-c3ccccc3)c(=O)n(Cc3ccc(Cl)cc3)c2cc1OC. The van der Waals surface area contributed by atoms with Crippen molar-refractivity contribution < 1.29 is 9.47 Å². The Balaban J connectivity index is 2.07. The van der Waals surface area contributed by atoms with Crippen molar-refractivity contribution in [1.82, 2.24) is 9.13 Å². The van der Waals surface area contributed by atoms with Gasteiger partial charge in [-0.15, -0.1) is 0 Å². The van der Waals surface area contributed by atoms with E-state index in [9.17, 15) is 9.59 Å². The first-order valence-corrected chi connectivity index (χ1v) is 9.62. The molecule has 0 aliphatic carbocycles. The van der Waals surface area contributed by atoms with Crippen LogP contribution in [0.3, 0.4) is 0 Å². The van der Waals surface area contributed by atoms with Gasteiger partial charge in [-0.25, -0.2) is 9.36 Å². The van der Waals surface area contributed by atoms with Crippen LogP contribution in [0.25, 0.3) is 16.6 Å². The molecule has 0 unspecified atom stereocenters. The fraction of sp³-hybridized carbons (Fsp3) is 0.130. The molecular formula is C23H19ClN2O4. The number of benzene rings is 3. The van der Waals surface area contributed by atoms with E-state index in [1.807, 2.05) is 18.2 Å². The highest BCUT2D eigenvalue weighted by atomic mass is 35.5. The highest BCUT2D eigenvalue weighted by Gasteiger charge is 2.18. The van der Waals surface area contributed by atoms with E-state index < -0.39 is 11.2 Å². The largest absolute Gasteiger partial charge is 0.493 e. The van der Waals surface area contributed by atoms with Gasteiger partial charge in [-0.05, 0) is 35.9 Å². The van der Waals surface area contributed by atoms with Crippen molar-refractivity contribution in [1.29, 1.82) is 0 Å². The van der Waals surface area contributed by atoms with E-state index in [1.54, 1.807) is 53.1 Å². The number of fused-ring (bicyclic) bond motifs is 1. The molecule has 0 spiro atoms. The number of para-hydroxylation sites is 1. The Morgan fingerprint density at radius 1 is 0.867 bits per heavy atom. The number of halogens is 1. The third-order valence-corrected chi connectivity index (χ3v) is 5.17. The average Bonchev–Trinajstić information content (AvgIpc) is 2.78. The van der Waals surface area contributed by atoms with Crippen LogP contribution < -0.4 is 20.7 Å². The molecule has 0 saturated carbocycles. The number of hydrogen-bond acceptors (Lipinski definition) is 4. The maximum absolute atomic E-state index is 13.5. The molecule has 0 aliphatic rings. The summed E-state index contributed by atoms with van der Waals surface area (Å²) in [6.45, 7) is 0.259. The van der Waals surface area contributed by atoms with Gasteiger partial charge in [0.15, 0.2) is 11.5 Å². The van der Waals surface area contributed by atoms with Crippen LogP contribution in [0.2, 0.25) is 5.02 Å². The minimum Gasteiger partial charge on any atom is -0.493 e. The molecule has 152 valence electrons. The Kier molecular flexibility index (Phi) is 5.33. The van der Waals surface area contributed by atoms with Gasteiger partial charge >= 0.3 is 5.69 Å². The lowest BCUT2D eigenvalue weighted by Crippen LogP contribution is -2.39. The second-order valence-corrected chi connectivity index (χ2v) is 7.13. The molecule has 4 rings (SSSR count). The first-order chi connectivity index (χ1) is 14.5. The second-order valence-electron chi connectivity index (χ2n) is 6.70. The zero-order valence-corrected chi connectivity index (χ0v) is 17.2. The maximum atomic E-state index is 13.5. The molecule has 0 amide bonds. The summed E-state index contributed by atoms with van der Waals surface area (Å²) in [5.41, 5.74) is 0.963. The van der Waals surface area contributed by atoms with E-state index in [0.717, 1.165) is 5.56 Å². The first kappa shape index (κ1) is 19.8. The number of nitrogens with zero attached hydrogens (tertiary/aromatic N) is 2. The summed E-state index contributed by atoms with van der Waals surface area (Å²) >= 11 is 6.00. The van der Waals surface area contributed by atoms with Crippen LogP contribution >= 0.6 is 11.6 Å². The quantitative estimate of drug-likeness (QED) is 0.490. The molecule has 0 aliphatic heterocycles. The van der Waals surface area contributed by atoms with Gasteiger partial charge in [0.05, 0.1) is 37.4 Å². The minimum atomic E-state index is -0.444. The zero-order chi connectivity index (χ0) is 21.3. The third kappa shape index (κ3) is 3.46. The highest BCUT2D eigenvalue weighted by molar-refractivity contribution is 6.30. The normalized spacial score (nSPS) is 10.9. The number of aromatic nitrogens is 2. The smallest absolute Gasteiger partial charge is 0.336 e. The summed E-state index contributed by atoms with van der Waals surface area (Å²) in [7, 11) is 3.01. The first-order valence-electron chi connectivity index (χ1n) is 9.25. The predicted molar refractivity (Wildman–Crippen MR) is 117 cm³/mol. The van der Waals surface area contributed by atoms with Crippen molar-refractivity contribution in [2.24, 2.45) is 0 Å². The van der Waals surface area contributed by atoms with Crippen LogP contribution in [0.1, 0.15) is 5.56 Å². The number of ether oxygens (including phenoxy) is 2. The van der Waals surface area contributed by atoms with Crippen molar-refractivity contribution in [3.05, 3.63) is 98.2 Å². The lowest BCUT2D eigenvalue weighted by Gasteiger charge is -2.16. The molecule has 6 nitrogen and oxygen atoms in total. The van der Waals surface area contributed by atoms with Gasteiger partial charge in [0.2, 0.25) is 0 Å².